The molecule has 0 bridgehead atoms. The molecule has 2 aromatic rings. The van der Waals surface area contributed by atoms with Gasteiger partial charge in [0.15, 0.2) is 11.5 Å². The van der Waals surface area contributed by atoms with E-state index in [1.165, 1.54) is 27.2 Å². The Labute approximate surface area is 258 Å². The van der Waals surface area contributed by atoms with Gasteiger partial charge in [-0.1, -0.05) is 19.9 Å². The summed E-state index contributed by atoms with van der Waals surface area (Å²) >= 11 is 0. The molecule has 2 aromatic carbocycles. The Morgan fingerprint density at radius 1 is 0.932 bits per heavy atom. The topological polar surface area (TPSA) is 132 Å². The number of nitrogens with one attached hydrogen (secondary N) is 2. The molecular weight excluding hydrogens is 566 g/mol. The maximum atomic E-state index is 13.8. The molecular formula is C33H43N3O8. The van der Waals surface area contributed by atoms with Crippen molar-refractivity contribution in [2.75, 3.05) is 46.8 Å². The predicted molar refractivity (Wildman–Crippen MR) is 166 cm³/mol. The minimum Gasteiger partial charge on any atom is -0.493 e. The molecule has 1 heterocycles. The molecule has 2 atom stereocenters. The fraction of sp³-hybridized carbons (Fsp3) is 0.515. The third-order valence-corrected chi connectivity index (χ3v) is 8.50. The molecule has 1 fully saturated rings. The lowest BCUT2D eigenvalue weighted by atomic mass is 9.95. The van der Waals surface area contributed by atoms with Gasteiger partial charge in [-0.25, -0.2) is 0 Å². The Morgan fingerprint density at radius 2 is 1.61 bits per heavy atom. The van der Waals surface area contributed by atoms with E-state index in [0.29, 0.717) is 67.1 Å². The number of hydrogen-bond donors (Lipinski definition) is 2. The zero-order valence-electron chi connectivity index (χ0n) is 26.6. The van der Waals surface area contributed by atoms with E-state index in [2.05, 4.69) is 10.6 Å². The minimum absolute atomic E-state index is 0.129. The van der Waals surface area contributed by atoms with E-state index < -0.39 is 12.1 Å². The first kappa shape index (κ1) is 32.6. The van der Waals surface area contributed by atoms with Crippen LogP contribution in [0, 0.1) is 11.8 Å². The Balaban J connectivity index is 1.78. The second-order valence-corrected chi connectivity index (χ2v) is 11.6. The van der Waals surface area contributed by atoms with Crippen LogP contribution in [0.2, 0.25) is 0 Å². The van der Waals surface area contributed by atoms with Crippen LogP contribution < -0.4 is 30.3 Å². The highest BCUT2D eigenvalue weighted by Gasteiger charge is 2.34. The van der Waals surface area contributed by atoms with E-state index >= 15 is 0 Å². The van der Waals surface area contributed by atoms with Crippen LogP contribution in [0.5, 0.6) is 17.2 Å². The molecule has 1 aliphatic heterocycles. The summed E-state index contributed by atoms with van der Waals surface area (Å²) in [6.45, 7) is 6.17. The average molecular weight is 610 g/mol. The summed E-state index contributed by atoms with van der Waals surface area (Å²) in [5.41, 5.74) is 2.97. The molecule has 0 aromatic heterocycles. The third-order valence-electron chi connectivity index (χ3n) is 8.50. The number of amides is 2. The summed E-state index contributed by atoms with van der Waals surface area (Å²) in [6.07, 6.45) is 2.19. The van der Waals surface area contributed by atoms with Crippen LogP contribution in [0.4, 0.5) is 5.69 Å². The number of rotatable bonds is 9. The van der Waals surface area contributed by atoms with E-state index in [1.54, 1.807) is 25.2 Å². The van der Waals surface area contributed by atoms with E-state index in [-0.39, 0.29) is 40.7 Å². The van der Waals surface area contributed by atoms with Crippen LogP contribution in [0.3, 0.4) is 0 Å². The van der Waals surface area contributed by atoms with Gasteiger partial charge in [-0.3, -0.25) is 19.2 Å². The molecule has 44 heavy (non-hydrogen) atoms. The maximum absolute atomic E-state index is 13.8. The first-order valence-electron chi connectivity index (χ1n) is 14.9. The summed E-state index contributed by atoms with van der Waals surface area (Å²) in [6, 6.07) is 5.84. The van der Waals surface area contributed by atoms with Crippen LogP contribution >= 0.6 is 0 Å². The van der Waals surface area contributed by atoms with E-state index in [9.17, 15) is 19.2 Å². The molecule has 11 heteroatoms. The van der Waals surface area contributed by atoms with Gasteiger partial charge in [0.05, 0.1) is 46.1 Å². The summed E-state index contributed by atoms with van der Waals surface area (Å²) in [5.74, 6) is 0.452. The number of likely N-dealkylation sites (tertiary alicyclic amines) is 1. The van der Waals surface area contributed by atoms with Crippen molar-refractivity contribution in [3.05, 3.63) is 45.6 Å². The van der Waals surface area contributed by atoms with Gasteiger partial charge in [0, 0.05) is 25.6 Å². The molecule has 2 unspecified atom stereocenters. The highest BCUT2D eigenvalue weighted by Crippen LogP contribution is 2.50. The molecule has 238 valence electrons. The van der Waals surface area contributed by atoms with Gasteiger partial charge in [-0.05, 0) is 66.5 Å². The van der Waals surface area contributed by atoms with Crippen molar-refractivity contribution in [3.63, 3.8) is 0 Å². The van der Waals surface area contributed by atoms with Crippen molar-refractivity contribution >= 4 is 23.5 Å². The van der Waals surface area contributed by atoms with Crippen LogP contribution in [0.1, 0.15) is 57.2 Å². The van der Waals surface area contributed by atoms with Crippen molar-refractivity contribution in [2.24, 2.45) is 11.8 Å². The average Bonchev–Trinajstić information content (AvgIpc) is 3.26. The number of fused-ring (bicyclic) bond motifs is 3. The van der Waals surface area contributed by atoms with Crippen molar-refractivity contribution in [2.45, 2.75) is 58.5 Å². The largest absolute Gasteiger partial charge is 0.493 e. The lowest BCUT2D eigenvalue weighted by Crippen LogP contribution is -2.49. The number of aryl methyl sites for hydroxylation is 1. The normalized spacial score (nSPS) is 17.0. The molecule has 11 nitrogen and oxygen atoms in total. The SMILES string of the molecule is COC(=O)C1CCN(C(=O)C(Nc2ccc3c(cc2=O)C(NC(C)=O)CCc2cc(OC)c(OC)c(OC)c2-3)C(C)C)CC1. The van der Waals surface area contributed by atoms with Crippen molar-refractivity contribution in [1.29, 1.82) is 0 Å². The number of nitrogens with zero attached hydrogens (tertiary/aromatic N) is 1. The first-order valence-corrected chi connectivity index (χ1v) is 14.9. The van der Waals surface area contributed by atoms with E-state index in [4.69, 9.17) is 18.9 Å². The van der Waals surface area contributed by atoms with Gasteiger partial charge in [0.2, 0.25) is 23.0 Å². The fourth-order valence-corrected chi connectivity index (χ4v) is 6.21. The van der Waals surface area contributed by atoms with E-state index in [0.717, 1.165) is 11.1 Å². The van der Waals surface area contributed by atoms with Gasteiger partial charge >= 0.3 is 5.97 Å². The second-order valence-electron chi connectivity index (χ2n) is 11.6. The summed E-state index contributed by atoms with van der Waals surface area (Å²) in [5, 5.41) is 6.25. The van der Waals surface area contributed by atoms with Crippen LogP contribution in [0.25, 0.3) is 11.1 Å². The van der Waals surface area contributed by atoms with Gasteiger partial charge in [0.1, 0.15) is 6.04 Å². The highest BCUT2D eigenvalue weighted by molar-refractivity contribution is 5.86. The summed E-state index contributed by atoms with van der Waals surface area (Å²) in [4.78, 5) is 53.5. The molecule has 2 N–H and O–H groups in total. The van der Waals surface area contributed by atoms with Gasteiger partial charge < -0.3 is 34.5 Å². The number of methoxy groups -OCH3 is 4. The molecule has 0 saturated carbocycles. The maximum Gasteiger partial charge on any atom is 0.308 e. The fourth-order valence-electron chi connectivity index (χ4n) is 6.21. The highest BCUT2D eigenvalue weighted by atomic mass is 16.5. The molecule has 0 radical (unpaired) electrons. The molecule has 2 aliphatic rings. The number of benzene rings is 1. The molecule has 4 rings (SSSR count). The Kier molecular flexibility index (Phi) is 10.4. The summed E-state index contributed by atoms with van der Waals surface area (Å²) < 4.78 is 22.0. The number of anilines is 1. The van der Waals surface area contributed by atoms with Crippen LogP contribution in [0.15, 0.2) is 29.1 Å². The number of hydrogen-bond acceptors (Lipinski definition) is 9. The van der Waals surface area contributed by atoms with Gasteiger partial charge in [0.25, 0.3) is 0 Å². The Morgan fingerprint density at radius 3 is 2.18 bits per heavy atom. The van der Waals surface area contributed by atoms with Gasteiger partial charge in [-0.2, -0.15) is 0 Å². The number of carbonyl (C=O) groups is 3. The van der Waals surface area contributed by atoms with E-state index in [1.807, 2.05) is 26.0 Å². The first-order chi connectivity index (χ1) is 21.0. The number of esters is 1. The minimum atomic E-state index is -0.670. The zero-order chi connectivity index (χ0) is 32.1. The quantitative estimate of drug-likeness (QED) is 0.408. The van der Waals surface area contributed by atoms with Crippen molar-refractivity contribution in [3.8, 4) is 28.4 Å². The van der Waals surface area contributed by atoms with Crippen molar-refractivity contribution in [1.82, 2.24) is 10.2 Å². The molecule has 1 aliphatic carbocycles. The third kappa shape index (κ3) is 6.61. The Hall–Kier alpha value is -4.28. The Bertz CT molecular complexity index is 1470. The van der Waals surface area contributed by atoms with Crippen LogP contribution in [-0.2, 0) is 25.5 Å². The molecule has 2 amide bonds. The molecule has 1 saturated heterocycles. The lowest BCUT2D eigenvalue weighted by Gasteiger charge is -2.34. The predicted octanol–water partition coefficient (Wildman–Crippen LogP) is 3.71. The van der Waals surface area contributed by atoms with Gasteiger partial charge in [-0.15, -0.1) is 0 Å². The summed E-state index contributed by atoms with van der Waals surface area (Å²) in [7, 11) is 6.02. The second kappa shape index (κ2) is 14.0. The standard InChI is InChI=1S/C33H43N3O8/c1-18(2)29(32(39)36-14-12-20(13-15-36)33(40)44-7)35-25-11-9-22-23(17-26(25)38)24(34-19(3)37)10-8-21-16-27(41-4)30(42-5)31(43-6)28(21)22/h9,11,16-18,20,24,29H,8,10,12-15H2,1-7H3,(H,34,37)(H,35,38). The number of piperidine rings is 1. The lowest BCUT2D eigenvalue weighted by molar-refractivity contribution is -0.149. The molecule has 0 spiro atoms. The smallest absolute Gasteiger partial charge is 0.308 e. The van der Waals surface area contributed by atoms with Crippen LogP contribution in [-0.4, -0.2) is 70.3 Å². The number of carbonyl (C=O) groups excluding carboxylic acids is 3. The zero-order valence-corrected chi connectivity index (χ0v) is 26.6. The number of ether oxygens (including phenoxy) is 4. The van der Waals surface area contributed by atoms with Crippen molar-refractivity contribution < 1.29 is 33.3 Å². The monoisotopic (exact) mass is 609 g/mol.